The molecule has 0 bridgehead atoms. The molecule has 0 radical (unpaired) electrons. The first-order chi connectivity index (χ1) is 13.2. The van der Waals surface area contributed by atoms with Crippen molar-refractivity contribution in [2.45, 2.75) is 95.4 Å². The fourth-order valence-corrected chi connectivity index (χ4v) is 4.19. The highest BCUT2D eigenvalue weighted by Gasteiger charge is 2.15. The maximum absolute atomic E-state index is 11.0. The minimum Gasteiger partial charge on any atom is -0.744 e. The van der Waals surface area contributed by atoms with Crippen molar-refractivity contribution in [3.63, 3.8) is 0 Å². The summed E-state index contributed by atoms with van der Waals surface area (Å²) in [5.74, 6) is 0. The van der Waals surface area contributed by atoms with Crippen molar-refractivity contribution in [2.75, 3.05) is 20.6 Å². The number of unbranched alkanes of at least 4 members (excludes halogenated alkanes) is 11. The van der Waals surface area contributed by atoms with Gasteiger partial charge < -0.3 is 9.04 Å². The quantitative estimate of drug-likeness (QED) is 0.194. The van der Waals surface area contributed by atoms with Gasteiger partial charge in [-0.15, -0.1) is 0 Å². The van der Waals surface area contributed by atoms with Gasteiger partial charge in [-0.05, 0) is 25.0 Å². The molecule has 0 heterocycles. The van der Waals surface area contributed by atoms with Crippen LogP contribution >= 0.6 is 0 Å². The van der Waals surface area contributed by atoms with Crippen LogP contribution in [-0.4, -0.2) is 38.1 Å². The van der Waals surface area contributed by atoms with E-state index < -0.39 is 10.1 Å². The van der Waals surface area contributed by atoms with E-state index in [2.05, 4.69) is 21.0 Å². The van der Waals surface area contributed by atoms with Crippen molar-refractivity contribution in [3.05, 3.63) is 29.8 Å². The van der Waals surface area contributed by atoms with E-state index in [1.54, 1.807) is 12.1 Å². The molecule has 0 spiro atoms. The topological polar surface area (TPSA) is 57.2 Å². The number of hydrogen-bond acceptors (Lipinski definition) is 3. The molecule has 0 aliphatic carbocycles. The van der Waals surface area contributed by atoms with E-state index >= 15 is 0 Å². The van der Waals surface area contributed by atoms with Gasteiger partial charge in [-0.25, -0.2) is 8.42 Å². The molecular formula is C23H41NO3S. The zero-order valence-electron chi connectivity index (χ0n) is 18.3. The number of quaternary nitrogens is 1. The molecule has 0 N–H and O–H groups in total. The second-order valence-corrected chi connectivity index (χ2v) is 10.2. The molecule has 1 aromatic carbocycles. The molecule has 0 unspecified atom stereocenters. The molecule has 28 heavy (non-hydrogen) atoms. The smallest absolute Gasteiger partial charge is 0.124 e. The molecule has 0 saturated carbocycles. The highest BCUT2D eigenvalue weighted by atomic mass is 32.2. The average Bonchev–Trinajstić information content (AvgIpc) is 2.62. The van der Waals surface area contributed by atoms with Gasteiger partial charge in [0.25, 0.3) is 0 Å². The van der Waals surface area contributed by atoms with Crippen molar-refractivity contribution < 1.29 is 17.5 Å². The maximum atomic E-state index is 11.0. The number of nitrogens with zero attached hydrogens (tertiary/aromatic N) is 1. The Bertz CT molecular complexity index is 624. The third kappa shape index (κ3) is 11.8. The van der Waals surface area contributed by atoms with Crippen molar-refractivity contribution in [1.82, 2.24) is 0 Å². The van der Waals surface area contributed by atoms with Crippen LogP contribution in [0.1, 0.15) is 89.5 Å². The summed E-state index contributed by atoms with van der Waals surface area (Å²) in [5, 5.41) is 0. The first-order valence-corrected chi connectivity index (χ1v) is 12.5. The van der Waals surface area contributed by atoms with Gasteiger partial charge in [-0.1, -0.05) is 83.3 Å². The first-order valence-electron chi connectivity index (χ1n) is 11.1. The standard InChI is InChI=1S/C23H41NO3S/c1-4-5-6-7-8-9-10-11-12-13-14-15-20-24(2,3)21-22-16-18-23(19-17-22)28(25,26)27/h16-19H,4-15,20-21H2,1-3H3. The molecule has 0 aliphatic rings. The van der Waals surface area contributed by atoms with Crippen molar-refractivity contribution in [2.24, 2.45) is 0 Å². The molecule has 1 rings (SSSR count). The summed E-state index contributed by atoms with van der Waals surface area (Å²) in [7, 11) is 0.0572. The first kappa shape index (κ1) is 25.1. The molecule has 162 valence electrons. The lowest BCUT2D eigenvalue weighted by molar-refractivity contribution is -0.903. The van der Waals surface area contributed by atoms with Crippen LogP contribution < -0.4 is 0 Å². The summed E-state index contributed by atoms with van der Waals surface area (Å²) >= 11 is 0. The zero-order chi connectivity index (χ0) is 20.9. The number of rotatable bonds is 16. The molecular weight excluding hydrogens is 370 g/mol. The second-order valence-electron chi connectivity index (χ2n) is 8.80. The Hall–Kier alpha value is -0.910. The zero-order valence-corrected chi connectivity index (χ0v) is 19.1. The van der Waals surface area contributed by atoms with Crippen LogP contribution in [0.2, 0.25) is 0 Å². The summed E-state index contributed by atoms with van der Waals surface area (Å²) in [6.45, 7) is 4.22. The van der Waals surface area contributed by atoms with Crippen molar-refractivity contribution in [3.8, 4) is 0 Å². The van der Waals surface area contributed by atoms with Crippen LogP contribution in [0.3, 0.4) is 0 Å². The lowest BCUT2D eigenvalue weighted by Crippen LogP contribution is -2.39. The summed E-state index contributed by atoms with van der Waals surface area (Å²) < 4.78 is 33.9. The van der Waals surface area contributed by atoms with E-state index in [0.29, 0.717) is 0 Å². The van der Waals surface area contributed by atoms with Crippen LogP contribution in [0.15, 0.2) is 29.2 Å². The number of benzene rings is 1. The molecule has 0 amide bonds. The fraction of sp³-hybridized carbons (Fsp3) is 0.739. The highest BCUT2D eigenvalue weighted by Crippen LogP contribution is 2.16. The highest BCUT2D eigenvalue weighted by molar-refractivity contribution is 7.85. The van der Waals surface area contributed by atoms with Crippen molar-refractivity contribution >= 4 is 10.1 Å². The average molecular weight is 412 g/mol. The minimum atomic E-state index is -4.35. The van der Waals surface area contributed by atoms with E-state index in [1.165, 1.54) is 89.2 Å². The van der Waals surface area contributed by atoms with E-state index in [-0.39, 0.29) is 4.90 Å². The van der Waals surface area contributed by atoms with Crippen LogP contribution in [0.5, 0.6) is 0 Å². The summed E-state index contributed by atoms with van der Waals surface area (Å²) in [5.41, 5.74) is 1.07. The SMILES string of the molecule is CCCCCCCCCCCCCC[N+](C)(C)Cc1ccc(S(=O)(=O)[O-])cc1. The van der Waals surface area contributed by atoms with E-state index in [9.17, 15) is 13.0 Å². The van der Waals surface area contributed by atoms with Crippen LogP contribution in [0.25, 0.3) is 0 Å². The largest absolute Gasteiger partial charge is 0.744 e. The summed E-state index contributed by atoms with van der Waals surface area (Å²) in [4.78, 5) is -0.150. The Morgan fingerprint density at radius 1 is 0.750 bits per heavy atom. The Balaban J connectivity index is 2.11. The third-order valence-corrected chi connectivity index (χ3v) is 6.29. The molecule has 0 saturated heterocycles. The molecule has 5 heteroatoms. The van der Waals surface area contributed by atoms with Gasteiger partial charge in [0.15, 0.2) is 0 Å². The van der Waals surface area contributed by atoms with Gasteiger partial charge in [0.1, 0.15) is 16.7 Å². The third-order valence-electron chi connectivity index (χ3n) is 5.44. The van der Waals surface area contributed by atoms with Gasteiger partial charge >= 0.3 is 0 Å². The Morgan fingerprint density at radius 3 is 1.61 bits per heavy atom. The van der Waals surface area contributed by atoms with Gasteiger partial charge in [-0.3, -0.25) is 0 Å². The van der Waals surface area contributed by atoms with E-state index in [1.807, 2.05) is 0 Å². The Morgan fingerprint density at radius 2 is 1.18 bits per heavy atom. The molecule has 1 aromatic rings. The predicted octanol–water partition coefficient (Wildman–Crippen LogP) is 5.87. The van der Waals surface area contributed by atoms with Crippen LogP contribution in [0, 0.1) is 0 Å². The second kappa shape index (κ2) is 13.3. The Labute approximate surface area is 173 Å². The minimum absolute atomic E-state index is 0.150. The maximum Gasteiger partial charge on any atom is 0.124 e. The van der Waals surface area contributed by atoms with E-state index in [0.717, 1.165) is 23.1 Å². The molecule has 0 aliphatic heterocycles. The van der Waals surface area contributed by atoms with Gasteiger partial charge in [-0.2, -0.15) is 0 Å². The molecule has 0 atom stereocenters. The van der Waals surface area contributed by atoms with Crippen LogP contribution in [0.4, 0.5) is 0 Å². The fourth-order valence-electron chi connectivity index (χ4n) is 3.72. The molecule has 0 aromatic heterocycles. The van der Waals surface area contributed by atoms with Crippen molar-refractivity contribution in [1.29, 1.82) is 0 Å². The van der Waals surface area contributed by atoms with E-state index in [4.69, 9.17) is 0 Å². The molecule has 0 fully saturated rings. The lowest BCUT2D eigenvalue weighted by Gasteiger charge is -2.30. The van der Waals surface area contributed by atoms with Crippen LogP contribution in [-0.2, 0) is 16.7 Å². The molecule has 4 nitrogen and oxygen atoms in total. The van der Waals surface area contributed by atoms with Gasteiger partial charge in [0.05, 0.1) is 25.5 Å². The summed E-state index contributed by atoms with van der Waals surface area (Å²) in [6.07, 6.45) is 16.3. The van der Waals surface area contributed by atoms with Gasteiger partial charge in [0.2, 0.25) is 0 Å². The lowest BCUT2D eigenvalue weighted by atomic mass is 10.1. The number of hydrogen-bond donors (Lipinski definition) is 0. The monoisotopic (exact) mass is 411 g/mol. The Kier molecular flexibility index (Phi) is 12.0. The summed E-state index contributed by atoms with van der Waals surface area (Å²) in [6, 6.07) is 6.35. The van der Waals surface area contributed by atoms with Gasteiger partial charge in [0, 0.05) is 5.56 Å². The predicted molar refractivity (Wildman–Crippen MR) is 116 cm³/mol. The normalized spacial score (nSPS) is 12.4.